The number of hydrogen-bond donors (Lipinski definition) is 2. The van der Waals surface area contributed by atoms with Crippen LogP contribution in [0.5, 0.6) is 0 Å². The molecule has 0 spiro atoms. The van der Waals surface area contributed by atoms with Gasteiger partial charge < -0.3 is 20.1 Å². The summed E-state index contributed by atoms with van der Waals surface area (Å²) in [4.78, 5) is 33.0. The van der Waals surface area contributed by atoms with Crippen molar-refractivity contribution in [3.63, 3.8) is 0 Å². The van der Waals surface area contributed by atoms with Gasteiger partial charge in [-0.3, -0.25) is 4.79 Å². The van der Waals surface area contributed by atoms with Gasteiger partial charge in [-0.05, 0) is 23.8 Å². The van der Waals surface area contributed by atoms with Crippen molar-refractivity contribution in [3.8, 4) is 5.82 Å². The van der Waals surface area contributed by atoms with Gasteiger partial charge in [0, 0.05) is 30.8 Å². The second-order valence-electron chi connectivity index (χ2n) is 6.48. The average Bonchev–Trinajstić information content (AvgIpc) is 3.25. The highest BCUT2D eigenvalue weighted by molar-refractivity contribution is 6.30. The van der Waals surface area contributed by atoms with Crippen LogP contribution in [0.4, 0.5) is 10.5 Å². The fraction of sp³-hybridized carbons (Fsp3) is 0.211. The minimum absolute atomic E-state index is 0.176. The van der Waals surface area contributed by atoms with Crippen molar-refractivity contribution < 1.29 is 19.4 Å². The van der Waals surface area contributed by atoms with Gasteiger partial charge in [0.05, 0.1) is 13.2 Å². The molecule has 0 radical (unpaired) electrons. The minimum atomic E-state index is -0.964. The van der Waals surface area contributed by atoms with E-state index in [9.17, 15) is 9.59 Å². The molecule has 11 heteroatoms. The highest BCUT2D eigenvalue weighted by Gasteiger charge is 2.25. The van der Waals surface area contributed by atoms with Gasteiger partial charge in [-0.1, -0.05) is 23.7 Å². The number of carboxylic acid groups (broad SMARTS) is 1. The molecule has 3 aromatic rings. The van der Waals surface area contributed by atoms with Crippen LogP contribution in [0.2, 0.25) is 5.15 Å². The lowest BCUT2D eigenvalue weighted by atomic mass is 10.1. The van der Waals surface area contributed by atoms with Crippen LogP contribution in [0.1, 0.15) is 22.2 Å². The quantitative estimate of drug-likeness (QED) is 0.654. The molecule has 2 aromatic heterocycles. The molecular weight excluding hydrogens is 412 g/mol. The fourth-order valence-electron chi connectivity index (χ4n) is 3.03. The molecule has 30 heavy (non-hydrogen) atoms. The molecular formula is C19H17ClN6O4. The molecule has 1 unspecified atom stereocenters. The van der Waals surface area contributed by atoms with Crippen LogP contribution < -0.4 is 5.32 Å². The van der Waals surface area contributed by atoms with Gasteiger partial charge in [0.25, 0.3) is 5.91 Å². The highest BCUT2D eigenvalue weighted by Crippen LogP contribution is 2.24. The van der Waals surface area contributed by atoms with Crippen LogP contribution in [0.3, 0.4) is 0 Å². The molecule has 1 aliphatic heterocycles. The van der Waals surface area contributed by atoms with Crippen molar-refractivity contribution in [2.24, 2.45) is 0 Å². The van der Waals surface area contributed by atoms with Crippen LogP contribution >= 0.6 is 11.6 Å². The summed E-state index contributed by atoms with van der Waals surface area (Å²) in [5.41, 5.74) is 1.59. The number of nitrogens with zero attached hydrogens (tertiary/aromatic N) is 5. The summed E-state index contributed by atoms with van der Waals surface area (Å²) < 4.78 is 7.04. The predicted octanol–water partition coefficient (Wildman–Crippen LogP) is 2.62. The number of hydrogen-bond acceptors (Lipinski definition) is 6. The van der Waals surface area contributed by atoms with Gasteiger partial charge in [-0.25, -0.2) is 19.4 Å². The number of benzene rings is 1. The maximum absolute atomic E-state index is 12.5. The van der Waals surface area contributed by atoms with Crippen molar-refractivity contribution in [2.75, 3.05) is 25.0 Å². The molecule has 0 bridgehead atoms. The standard InChI is InChI=1S/C19H17ClN6O4/c20-16-17(22-7-6-21-16)26-8-5-14(24-26)18(27)23-13-3-1-12(2-4-13)15-11-25(19(28)29)9-10-30-15/h1-8,15H,9-11H2,(H,23,27)(H,28,29). The Morgan fingerprint density at radius 1 is 1.17 bits per heavy atom. The summed E-state index contributed by atoms with van der Waals surface area (Å²) in [5.74, 6) is -0.0714. The fourth-order valence-corrected chi connectivity index (χ4v) is 3.22. The number of morpholine rings is 1. The molecule has 4 rings (SSSR count). The van der Waals surface area contributed by atoms with E-state index in [0.29, 0.717) is 24.7 Å². The van der Waals surface area contributed by atoms with Crippen molar-refractivity contribution in [1.29, 1.82) is 0 Å². The molecule has 154 valence electrons. The van der Waals surface area contributed by atoms with Gasteiger partial charge in [0.1, 0.15) is 6.10 Å². The molecule has 1 atom stereocenters. The minimum Gasteiger partial charge on any atom is -0.465 e. The first-order chi connectivity index (χ1) is 14.5. The van der Waals surface area contributed by atoms with Gasteiger partial charge in [-0.2, -0.15) is 5.10 Å². The number of carbonyl (C=O) groups is 2. The van der Waals surface area contributed by atoms with Crippen LogP contribution in [0.15, 0.2) is 48.9 Å². The second kappa shape index (κ2) is 8.47. The predicted molar refractivity (Wildman–Crippen MR) is 107 cm³/mol. The maximum Gasteiger partial charge on any atom is 0.407 e. The highest BCUT2D eigenvalue weighted by atomic mass is 35.5. The third-order valence-corrected chi connectivity index (χ3v) is 4.82. The van der Waals surface area contributed by atoms with Crippen LogP contribution in [-0.4, -0.2) is 61.5 Å². The van der Waals surface area contributed by atoms with Crippen LogP contribution in [0.25, 0.3) is 5.82 Å². The Labute approximate surface area is 176 Å². The van der Waals surface area contributed by atoms with E-state index >= 15 is 0 Å². The molecule has 1 aromatic carbocycles. The summed E-state index contributed by atoms with van der Waals surface area (Å²) in [6.45, 7) is 0.962. The molecule has 2 amide bonds. The SMILES string of the molecule is O=C(Nc1ccc(C2CN(C(=O)O)CCO2)cc1)c1ccn(-c2nccnc2Cl)n1. The topological polar surface area (TPSA) is 122 Å². The molecule has 1 fully saturated rings. The lowest BCUT2D eigenvalue weighted by Crippen LogP contribution is -2.41. The number of ether oxygens (including phenoxy) is 1. The number of halogens is 1. The van der Waals surface area contributed by atoms with Crippen molar-refractivity contribution in [1.82, 2.24) is 24.6 Å². The van der Waals surface area contributed by atoms with E-state index in [4.69, 9.17) is 21.4 Å². The Kier molecular flexibility index (Phi) is 5.59. The number of carbonyl (C=O) groups excluding carboxylic acids is 1. The summed E-state index contributed by atoms with van der Waals surface area (Å²) in [6.07, 6.45) is 3.21. The van der Waals surface area contributed by atoms with Crippen molar-refractivity contribution in [3.05, 3.63) is 65.3 Å². The third kappa shape index (κ3) is 4.24. The van der Waals surface area contributed by atoms with Gasteiger partial charge in [0.15, 0.2) is 16.7 Å². The summed E-state index contributed by atoms with van der Waals surface area (Å²) >= 11 is 6.00. The van der Waals surface area contributed by atoms with Crippen LogP contribution in [0, 0.1) is 0 Å². The Morgan fingerprint density at radius 3 is 2.67 bits per heavy atom. The van der Waals surface area contributed by atoms with E-state index in [1.807, 2.05) is 0 Å². The van der Waals surface area contributed by atoms with E-state index in [0.717, 1.165) is 5.56 Å². The first-order valence-corrected chi connectivity index (χ1v) is 9.42. The normalized spacial score (nSPS) is 16.3. The second-order valence-corrected chi connectivity index (χ2v) is 6.84. The maximum atomic E-state index is 12.5. The summed E-state index contributed by atoms with van der Waals surface area (Å²) in [7, 11) is 0. The van der Waals surface area contributed by atoms with Gasteiger partial charge >= 0.3 is 6.09 Å². The van der Waals surface area contributed by atoms with Gasteiger partial charge in [0.2, 0.25) is 0 Å². The molecule has 0 saturated carbocycles. The van der Waals surface area contributed by atoms with E-state index in [2.05, 4.69) is 20.4 Å². The number of anilines is 1. The number of rotatable bonds is 4. The average molecular weight is 429 g/mol. The molecule has 10 nitrogen and oxygen atoms in total. The van der Waals surface area contributed by atoms with E-state index in [-0.39, 0.29) is 23.5 Å². The van der Waals surface area contributed by atoms with E-state index < -0.39 is 12.0 Å². The van der Waals surface area contributed by atoms with Crippen LogP contribution in [-0.2, 0) is 4.74 Å². The Bertz CT molecular complexity index is 1070. The molecule has 2 N–H and O–H groups in total. The third-order valence-electron chi connectivity index (χ3n) is 4.55. The number of aromatic nitrogens is 4. The molecule has 0 aliphatic carbocycles. The summed E-state index contributed by atoms with van der Waals surface area (Å²) in [5, 5.41) is 16.3. The zero-order valence-electron chi connectivity index (χ0n) is 15.6. The van der Waals surface area contributed by atoms with E-state index in [1.54, 1.807) is 36.5 Å². The molecule has 3 heterocycles. The molecule has 1 aliphatic rings. The van der Waals surface area contributed by atoms with Crippen molar-refractivity contribution in [2.45, 2.75) is 6.10 Å². The number of nitrogens with one attached hydrogen (secondary N) is 1. The first kappa shape index (κ1) is 19.8. The van der Waals surface area contributed by atoms with Gasteiger partial charge in [-0.15, -0.1) is 0 Å². The number of amides is 2. The summed E-state index contributed by atoms with van der Waals surface area (Å²) in [6, 6.07) is 8.60. The monoisotopic (exact) mass is 428 g/mol. The Balaban J connectivity index is 1.42. The Morgan fingerprint density at radius 2 is 1.93 bits per heavy atom. The smallest absolute Gasteiger partial charge is 0.407 e. The first-order valence-electron chi connectivity index (χ1n) is 9.04. The van der Waals surface area contributed by atoms with Crippen molar-refractivity contribution >= 4 is 29.3 Å². The lowest BCUT2D eigenvalue weighted by Gasteiger charge is -2.31. The largest absolute Gasteiger partial charge is 0.465 e. The molecule has 1 saturated heterocycles. The lowest BCUT2D eigenvalue weighted by molar-refractivity contribution is -0.0231. The zero-order chi connectivity index (χ0) is 21.1. The zero-order valence-corrected chi connectivity index (χ0v) is 16.4. The van der Waals surface area contributed by atoms with E-state index in [1.165, 1.54) is 22.0 Å². The Hall–Kier alpha value is -3.50.